The molecule has 2 aliphatic heterocycles. The molecule has 0 radical (unpaired) electrons. The van der Waals surface area contributed by atoms with E-state index >= 15 is 0 Å². The first-order valence-electron chi connectivity index (χ1n) is 6.25. The van der Waals surface area contributed by atoms with Gasteiger partial charge in [-0.1, -0.05) is 18.2 Å². The Morgan fingerprint density at radius 1 is 1.58 bits per heavy atom. The van der Waals surface area contributed by atoms with E-state index in [1.807, 2.05) is 29.2 Å². The maximum absolute atomic E-state index is 12.4. The molecule has 1 saturated heterocycles. The molecule has 0 aliphatic carbocycles. The molecule has 19 heavy (non-hydrogen) atoms. The molecule has 0 aromatic heterocycles. The summed E-state index contributed by atoms with van der Waals surface area (Å²) in [5.41, 5.74) is 1.26. The number of methoxy groups -OCH3 is 1. The van der Waals surface area contributed by atoms with Crippen molar-refractivity contribution in [3.8, 4) is 6.07 Å². The van der Waals surface area contributed by atoms with Gasteiger partial charge in [-0.15, -0.1) is 0 Å². The fourth-order valence-electron chi connectivity index (χ4n) is 3.14. The van der Waals surface area contributed by atoms with Crippen molar-refractivity contribution in [2.24, 2.45) is 0 Å². The third-order valence-electron chi connectivity index (χ3n) is 4.03. The zero-order valence-electron chi connectivity index (χ0n) is 10.7. The van der Waals surface area contributed by atoms with Crippen LogP contribution in [-0.4, -0.2) is 37.2 Å². The SMILES string of the molecule is COCN1C[C@]2(C[C@H]1C#N)C(=O)Nc1ccccc12. The minimum atomic E-state index is -0.602. The number of anilines is 1. The van der Waals surface area contributed by atoms with E-state index in [4.69, 9.17) is 4.74 Å². The maximum Gasteiger partial charge on any atom is 0.236 e. The van der Waals surface area contributed by atoms with Gasteiger partial charge in [-0.25, -0.2) is 0 Å². The molecule has 1 fully saturated rings. The fraction of sp³-hybridized carbons (Fsp3) is 0.429. The summed E-state index contributed by atoms with van der Waals surface area (Å²) in [5, 5.41) is 12.2. The fourth-order valence-corrected chi connectivity index (χ4v) is 3.14. The van der Waals surface area contributed by atoms with Crippen molar-refractivity contribution in [2.45, 2.75) is 17.9 Å². The Bertz CT molecular complexity index is 566. The molecule has 2 atom stereocenters. The molecule has 0 unspecified atom stereocenters. The van der Waals surface area contributed by atoms with Gasteiger partial charge in [0.25, 0.3) is 0 Å². The highest BCUT2D eigenvalue weighted by Crippen LogP contribution is 2.45. The number of carbonyl (C=O) groups is 1. The van der Waals surface area contributed by atoms with Crippen molar-refractivity contribution < 1.29 is 9.53 Å². The zero-order valence-corrected chi connectivity index (χ0v) is 10.7. The summed E-state index contributed by atoms with van der Waals surface area (Å²) < 4.78 is 5.13. The second-order valence-electron chi connectivity index (χ2n) is 5.10. The summed E-state index contributed by atoms with van der Waals surface area (Å²) >= 11 is 0. The minimum Gasteiger partial charge on any atom is -0.369 e. The standard InChI is InChI=1S/C14H15N3O2/c1-19-9-17-8-14(6-10(17)7-15)11-4-2-3-5-12(11)16-13(14)18/h2-5,10H,6,8-9H2,1H3,(H,16,18)/t10-,14-/m0/s1. The van der Waals surface area contributed by atoms with Crippen LogP contribution in [0.15, 0.2) is 24.3 Å². The molecule has 98 valence electrons. The number of benzene rings is 1. The predicted molar refractivity (Wildman–Crippen MR) is 69.3 cm³/mol. The Morgan fingerprint density at radius 2 is 2.37 bits per heavy atom. The van der Waals surface area contributed by atoms with Crippen molar-refractivity contribution in [3.63, 3.8) is 0 Å². The lowest BCUT2D eigenvalue weighted by Crippen LogP contribution is -2.38. The Balaban J connectivity index is 2.01. The normalized spacial score (nSPS) is 29.3. The van der Waals surface area contributed by atoms with Crippen molar-refractivity contribution in [3.05, 3.63) is 29.8 Å². The molecular formula is C14H15N3O2. The second kappa shape index (κ2) is 4.34. The van der Waals surface area contributed by atoms with Gasteiger partial charge in [0.15, 0.2) is 0 Å². The van der Waals surface area contributed by atoms with E-state index in [0.29, 0.717) is 19.7 Å². The Kier molecular flexibility index (Phi) is 2.77. The van der Waals surface area contributed by atoms with E-state index in [2.05, 4.69) is 11.4 Å². The van der Waals surface area contributed by atoms with Crippen LogP contribution in [0.3, 0.4) is 0 Å². The number of carbonyl (C=O) groups excluding carboxylic acids is 1. The molecule has 3 rings (SSSR count). The second-order valence-corrected chi connectivity index (χ2v) is 5.10. The minimum absolute atomic E-state index is 0.00690. The number of hydrogen-bond acceptors (Lipinski definition) is 4. The van der Waals surface area contributed by atoms with Crippen LogP contribution in [0.5, 0.6) is 0 Å². The number of hydrogen-bond donors (Lipinski definition) is 1. The highest BCUT2D eigenvalue weighted by Gasteiger charge is 2.54. The molecule has 1 N–H and O–H groups in total. The van der Waals surface area contributed by atoms with Crippen molar-refractivity contribution in [2.75, 3.05) is 25.7 Å². The Morgan fingerprint density at radius 3 is 3.11 bits per heavy atom. The molecular weight excluding hydrogens is 242 g/mol. The van der Waals surface area contributed by atoms with Gasteiger partial charge >= 0.3 is 0 Å². The van der Waals surface area contributed by atoms with Crippen LogP contribution in [0.2, 0.25) is 0 Å². The van der Waals surface area contributed by atoms with Gasteiger partial charge in [0.2, 0.25) is 5.91 Å². The number of amides is 1. The van der Waals surface area contributed by atoms with Gasteiger partial charge in [-0.05, 0) is 18.1 Å². The van der Waals surface area contributed by atoms with Gasteiger partial charge in [0.1, 0.15) is 6.04 Å². The van der Waals surface area contributed by atoms with E-state index in [0.717, 1.165) is 11.3 Å². The lowest BCUT2D eigenvalue weighted by Gasteiger charge is -2.21. The Labute approximate surface area is 111 Å². The molecule has 5 heteroatoms. The number of fused-ring (bicyclic) bond motifs is 2. The van der Waals surface area contributed by atoms with Crippen LogP contribution in [0, 0.1) is 11.3 Å². The molecule has 2 aliphatic rings. The Hall–Kier alpha value is -1.90. The summed E-state index contributed by atoms with van der Waals surface area (Å²) in [5.74, 6) is -0.00690. The van der Waals surface area contributed by atoms with Crippen LogP contribution >= 0.6 is 0 Å². The molecule has 1 aromatic rings. The monoisotopic (exact) mass is 257 g/mol. The first kappa shape index (κ1) is 12.2. The number of ether oxygens (including phenoxy) is 1. The highest BCUT2D eigenvalue weighted by molar-refractivity contribution is 6.06. The molecule has 1 aromatic carbocycles. The number of nitrogens with zero attached hydrogens (tertiary/aromatic N) is 2. The van der Waals surface area contributed by atoms with Crippen LogP contribution in [0.1, 0.15) is 12.0 Å². The predicted octanol–water partition coefficient (Wildman–Crippen LogP) is 1.08. The van der Waals surface area contributed by atoms with Crippen LogP contribution in [0.4, 0.5) is 5.69 Å². The number of rotatable bonds is 2. The van der Waals surface area contributed by atoms with Crippen LogP contribution in [0.25, 0.3) is 0 Å². The van der Waals surface area contributed by atoms with Crippen LogP contribution in [-0.2, 0) is 14.9 Å². The average molecular weight is 257 g/mol. The third-order valence-corrected chi connectivity index (χ3v) is 4.03. The first-order valence-corrected chi connectivity index (χ1v) is 6.25. The zero-order chi connectivity index (χ0) is 13.5. The lowest BCUT2D eigenvalue weighted by atomic mass is 9.80. The van der Waals surface area contributed by atoms with Gasteiger partial charge in [0.05, 0.1) is 18.2 Å². The van der Waals surface area contributed by atoms with Gasteiger partial charge in [-0.3, -0.25) is 9.69 Å². The van der Waals surface area contributed by atoms with E-state index in [9.17, 15) is 10.1 Å². The molecule has 1 amide bonds. The maximum atomic E-state index is 12.4. The van der Waals surface area contributed by atoms with E-state index < -0.39 is 5.41 Å². The summed E-state index contributed by atoms with van der Waals surface area (Å²) in [4.78, 5) is 14.3. The van der Waals surface area contributed by atoms with Gasteiger partial charge in [0, 0.05) is 19.3 Å². The summed E-state index contributed by atoms with van der Waals surface area (Å²) in [7, 11) is 1.60. The average Bonchev–Trinajstić information content (AvgIpc) is 2.91. The number of para-hydroxylation sites is 1. The van der Waals surface area contributed by atoms with Gasteiger partial charge in [-0.2, -0.15) is 5.26 Å². The third kappa shape index (κ3) is 1.65. The molecule has 1 spiro atoms. The number of likely N-dealkylation sites (tertiary alicyclic amines) is 1. The first-order chi connectivity index (χ1) is 9.21. The van der Waals surface area contributed by atoms with Crippen molar-refractivity contribution in [1.82, 2.24) is 4.90 Å². The topological polar surface area (TPSA) is 65.4 Å². The van der Waals surface area contributed by atoms with Crippen LogP contribution < -0.4 is 5.32 Å². The molecule has 2 heterocycles. The van der Waals surface area contributed by atoms with E-state index in [1.54, 1.807) is 7.11 Å². The van der Waals surface area contributed by atoms with E-state index in [-0.39, 0.29) is 11.9 Å². The smallest absolute Gasteiger partial charge is 0.236 e. The van der Waals surface area contributed by atoms with Crippen molar-refractivity contribution >= 4 is 11.6 Å². The summed E-state index contributed by atoms with van der Waals surface area (Å²) in [6, 6.07) is 9.70. The highest BCUT2D eigenvalue weighted by atomic mass is 16.5. The summed E-state index contributed by atoms with van der Waals surface area (Å²) in [6.45, 7) is 0.900. The number of nitriles is 1. The molecule has 0 bridgehead atoms. The largest absolute Gasteiger partial charge is 0.369 e. The summed E-state index contributed by atoms with van der Waals surface area (Å²) in [6.07, 6.45) is 0.524. The van der Waals surface area contributed by atoms with Gasteiger partial charge < -0.3 is 10.1 Å². The molecule has 0 saturated carbocycles. The lowest BCUT2D eigenvalue weighted by molar-refractivity contribution is -0.120. The van der Waals surface area contributed by atoms with E-state index in [1.165, 1.54) is 0 Å². The number of nitrogens with one attached hydrogen (secondary N) is 1. The quantitative estimate of drug-likeness (QED) is 0.861. The molecule has 5 nitrogen and oxygen atoms in total. The van der Waals surface area contributed by atoms with Crippen molar-refractivity contribution in [1.29, 1.82) is 5.26 Å².